The fourth-order valence-electron chi connectivity index (χ4n) is 3.28. The van der Waals surface area contributed by atoms with Gasteiger partial charge in [-0.1, -0.05) is 25.1 Å². The van der Waals surface area contributed by atoms with E-state index in [2.05, 4.69) is 4.74 Å². The Bertz CT molecular complexity index is 998. The van der Waals surface area contributed by atoms with Crippen molar-refractivity contribution in [3.8, 4) is 11.5 Å². The van der Waals surface area contributed by atoms with E-state index in [1.807, 2.05) is 0 Å². The standard InChI is InChI=1S/C21H18F3NO5/c1-3-16(26)17-18(12-7-9-14(29-2)10-8-12)25(20(28)19(17)27)13-5-4-6-15(11-13)30-21(22,23)24/h4-11,18,27H,3H2,1-2H3. The van der Waals surface area contributed by atoms with Gasteiger partial charge in [0.05, 0.1) is 18.7 Å². The predicted octanol–water partition coefficient (Wildman–Crippen LogP) is 4.47. The van der Waals surface area contributed by atoms with Crippen LogP contribution in [0.3, 0.4) is 0 Å². The summed E-state index contributed by atoms with van der Waals surface area (Å²) in [7, 11) is 1.48. The van der Waals surface area contributed by atoms with Crippen molar-refractivity contribution < 1.29 is 37.3 Å². The van der Waals surface area contributed by atoms with Gasteiger partial charge in [0, 0.05) is 18.2 Å². The Labute approximate surface area is 170 Å². The zero-order valence-electron chi connectivity index (χ0n) is 16.1. The number of amides is 1. The minimum absolute atomic E-state index is 0.0321. The quantitative estimate of drug-likeness (QED) is 0.745. The van der Waals surface area contributed by atoms with E-state index in [1.54, 1.807) is 31.2 Å². The van der Waals surface area contributed by atoms with Crippen LogP contribution in [0.5, 0.6) is 11.5 Å². The number of Topliss-reactive ketones (excluding diaryl/α,β-unsaturated/α-hetero) is 1. The molecule has 0 spiro atoms. The number of aliphatic hydroxyl groups excluding tert-OH is 1. The number of methoxy groups -OCH3 is 1. The van der Waals surface area contributed by atoms with Crippen molar-refractivity contribution in [3.05, 3.63) is 65.4 Å². The summed E-state index contributed by atoms with van der Waals surface area (Å²) in [6.45, 7) is 1.58. The molecule has 6 nitrogen and oxygen atoms in total. The van der Waals surface area contributed by atoms with Crippen LogP contribution in [0.4, 0.5) is 18.9 Å². The molecule has 2 aromatic rings. The van der Waals surface area contributed by atoms with Crippen molar-refractivity contribution >= 4 is 17.4 Å². The highest BCUT2D eigenvalue weighted by molar-refractivity contribution is 6.16. The van der Waals surface area contributed by atoms with Crippen LogP contribution < -0.4 is 14.4 Å². The summed E-state index contributed by atoms with van der Waals surface area (Å²) in [4.78, 5) is 26.4. The summed E-state index contributed by atoms with van der Waals surface area (Å²) in [6.07, 6.45) is -4.88. The smallest absolute Gasteiger partial charge is 0.503 e. The van der Waals surface area contributed by atoms with Crippen LogP contribution in [0.15, 0.2) is 59.9 Å². The maximum atomic E-state index is 12.8. The van der Waals surface area contributed by atoms with E-state index in [0.717, 1.165) is 17.0 Å². The average molecular weight is 421 g/mol. The summed E-state index contributed by atoms with van der Waals surface area (Å²) in [5, 5.41) is 10.4. The highest BCUT2D eigenvalue weighted by Gasteiger charge is 2.44. The predicted molar refractivity (Wildman–Crippen MR) is 101 cm³/mol. The third-order valence-electron chi connectivity index (χ3n) is 4.59. The van der Waals surface area contributed by atoms with Gasteiger partial charge in [0.25, 0.3) is 5.91 Å². The molecule has 1 aliphatic heterocycles. The second-order valence-electron chi connectivity index (χ2n) is 6.44. The van der Waals surface area contributed by atoms with Gasteiger partial charge in [-0.05, 0) is 29.8 Å². The SMILES string of the molecule is CCC(=O)C1=C(O)C(=O)N(c2cccc(OC(F)(F)F)c2)C1c1ccc(OC)cc1. The van der Waals surface area contributed by atoms with E-state index in [9.17, 15) is 27.9 Å². The van der Waals surface area contributed by atoms with Crippen LogP contribution in [0.1, 0.15) is 24.9 Å². The number of carbonyl (C=O) groups excluding carboxylic acids is 2. The Balaban J connectivity index is 2.11. The first-order chi connectivity index (χ1) is 14.2. The number of ether oxygens (including phenoxy) is 2. The van der Waals surface area contributed by atoms with Gasteiger partial charge < -0.3 is 14.6 Å². The molecular weight excluding hydrogens is 403 g/mol. The lowest BCUT2D eigenvalue weighted by Gasteiger charge is -2.27. The largest absolute Gasteiger partial charge is 0.573 e. The van der Waals surface area contributed by atoms with Crippen LogP contribution in [0.2, 0.25) is 0 Å². The topological polar surface area (TPSA) is 76.1 Å². The fraction of sp³-hybridized carbons (Fsp3) is 0.238. The van der Waals surface area contributed by atoms with Gasteiger partial charge in [0.15, 0.2) is 11.5 Å². The monoisotopic (exact) mass is 421 g/mol. The first kappa shape index (κ1) is 21.2. The molecule has 0 radical (unpaired) electrons. The van der Waals surface area contributed by atoms with Crippen molar-refractivity contribution in [1.82, 2.24) is 0 Å². The molecule has 0 fully saturated rings. The third-order valence-corrected chi connectivity index (χ3v) is 4.59. The number of halogens is 3. The molecule has 30 heavy (non-hydrogen) atoms. The van der Waals surface area contributed by atoms with Crippen molar-refractivity contribution in [2.24, 2.45) is 0 Å². The number of rotatable bonds is 6. The Morgan fingerprint density at radius 1 is 1.13 bits per heavy atom. The van der Waals surface area contributed by atoms with E-state index < -0.39 is 35.6 Å². The average Bonchev–Trinajstić information content (AvgIpc) is 2.97. The van der Waals surface area contributed by atoms with Gasteiger partial charge in [-0.3, -0.25) is 14.5 Å². The Kier molecular flexibility index (Phi) is 5.73. The number of anilines is 1. The van der Waals surface area contributed by atoms with Gasteiger partial charge in [-0.25, -0.2) is 0 Å². The van der Waals surface area contributed by atoms with Crippen molar-refractivity contribution in [1.29, 1.82) is 0 Å². The molecule has 158 valence electrons. The molecule has 1 amide bonds. The summed E-state index contributed by atoms with van der Waals surface area (Å²) in [6, 6.07) is 10.2. The van der Waals surface area contributed by atoms with E-state index >= 15 is 0 Å². The first-order valence-electron chi connectivity index (χ1n) is 8.96. The maximum absolute atomic E-state index is 12.8. The Morgan fingerprint density at radius 3 is 2.37 bits per heavy atom. The van der Waals surface area contributed by atoms with Crippen LogP contribution in [-0.4, -0.2) is 30.3 Å². The summed E-state index contributed by atoms with van der Waals surface area (Å²) < 4.78 is 46.9. The molecule has 0 bridgehead atoms. The lowest BCUT2D eigenvalue weighted by molar-refractivity contribution is -0.274. The zero-order valence-corrected chi connectivity index (χ0v) is 16.1. The van der Waals surface area contributed by atoms with E-state index in [1.165, 1.54) is 19.2 Å². The number of carbonyl (C=O) groups is 2. The van der Waals surface area contributed by atoms with Crippen LogP contribution >= 0.6 is 0 Å². The van der Waals surface area contributed by atoms with Crippen molar-refractivity contribution in [2.75, 3.05) is 12.0 Å². The van der Waals surface area contributed by atoms with Gasteiger partial charge in [-0.2, -0.15) is 0 Å². The molecule has 1 aliphatic rings. The number of aliphatic hydroxyl groups is 1. The van der Waals surface area contributed by atoms with E-state index in [4.69, 9.17) is 4.74 Å². The molecule has 1 atom stereocenters. The summed E-state index contributed by atoms with van der Waals surface area (Å²) in [5.41, 5.74) is 0.398. The Morgan fingerprint density at radius 2 is 1.80 bits per heavy atom. The molecule has 1 N–H and O–H groups in total. The van der Waals surface area contributed by atoms with Crippen LogP contribution in [0, 0.1) is 0 Å². The second-order valence-corrected chi connectivity index (χ2v) is 6.44. The molecule has 1 unspecified atom stereocenters. The molecule has 1 heterocycles. The fourth-order valence-corrected chi connectivity index (χ4v) is 3.28. The van der Waals surface area contributed by atoms with Crippen LogP contribution in [0.25, 0.3) is 0 Å². The molecule has 0 saturated heterocycles. The second kappa shape index (κ2) is 8.10. The minimum atomic E-state index is -4.91. The highest BCUT2D eigenvalue weighted by atomic mass is 19.4. The molecule has 2 aromatic carbocycles. The van der Waals surface area contributed by atoms with Gasteiger partial charge in [-0.15, -0.1) is 13.2 Å². The van der Waals surface area contributed by atoms with E-state index in [-0.39, 0.29) is 17.7 Å². The first-order valence-corrected chi connectivity index (χ1v) is 8.96. The number of alkyl halides is 3. The molecule has 0 saturated carbocycles. The number of nitrogens with zero attached hydrogens (tertiary/aromatic N) is 1. The molecule has 9 heteroatoms. The lowest BCUT2D eigenvalue weighted by Crippen LogP contribution is -2.31. The molecular formula is C21H18F3NO5. The maximum Gasteiger partial charge on any atom is 0.573 e. The van der Waals surface area contributed by atoms with Gasteiger partial charge in [0.2, 0.25) is 0 Å². The normalized spacial score (nSPS) is 16.8. The van der Waals surface area contributed by atoms with Crippen LogP contribution in [-0.2, 0) is 9.59 Å². The number of ketones is 1. The third kappa shape index (κ3) is 4.10. The minimum Gasteiger partial charge on any atom is -0.503 e. The molecule has 3 rings (SSSR count). The number of hydrogen-bond donors (Lipinski definition) is 1. The van der Waals surface area contributed by atoms with Gasteiger partial charge >= 0.3 is 6.36 Å². The van der Waals surface area contributed by atoms with Crippen molar-refractivity contribution in [3.63, 3.8) is 0 Å². The zero-order chi connectivity index (χ0) is 22.1. The van der Waals surface area contributed by atoms with Crippen molar-refractivity contribution in [2.45, 2.75) is 25.7 Å². The molecule has 0 aromatic heterocycles. The molecule has 0 aliphatic carbocycles. The Hall–Kier alpha value is -3.49. The highest BCUT2D eigenvalue weighted by Crippen LogP contribution is 2.42. The lowest BCUT2D eigenvalue weighted by atomic mass is 9.95. The van der Waals surface area contributed by atoms with Gasteiger partial charge in [0.1, 0.15) is 11.5 Å². The number of hydrogen-bond acceptors (Lipinski definition) is 5. The van der Waals surface area contributed by atoms with E-state index in [0.29, 0.717) is 11.3 Å². The number of benzene rings is 2. The summed E-state index contributed by atoms with van der Waals surface area (Å²) in [5.74, 6) is -2.07. The summed E-state index contributed by atoms with van der Waals surface area (Å²) >= 11 is 0.